The number of carbonyl (C=O) groups excluding carboxylic acids is 1. The molecule has 2 fully saturated rings. The van der Waals surface area contributed by atoms with E-state index >= 15 is 0 Å². The number of sulfone groups is 1. The maximum atomic E-state index is 12.2. The molecule has 0 aromatic heterocycles. The van der Waals surface area contributed by atoms with E-state index in [1.54, 1.807) is 0 Å². The van der Waals surface area contributed by atoms with Crippen LogP contribution >= 0.6 is 0 Å². The van der Waals surface area contributed by atoms with E-state index in [1.807, 2.05) is 4.90 Å². The molecule has 2 aliphatic rings. The van der Waals surface area contributed by atoms with Crippen molar-refractivity contribution >= 4 is 15.7 Å². The van der Waals surface area contributed by atoms with E-state index in [9.17, 15) is 13.2 Å². The van der Waals surface area contributed by atoms with Crippen molar-refractivity contribution in [3.8, 4) is 0 Å². The molecule has 1 saturated carbocycles. The molecule has 17 heavy (non-hydrogen) atoms. The summed E-state index contributed by atoms with van der Waals surface area (Å²) in [6.07, 6.45) is 2.58. The molecule has 0 bridgehead atoms. The largest absolute Gasteiger partial charge is 0.338 e. The summed E-state index contributed by atoms with van der Waals surface area (Å²) in [6.45, 7) is 4.82. The van der Waals surface area contributed by atoms with Crippen molar-refractivity contribution in [1.29, 1.82) is 0 Å². The summed E-state index contributed by atoms with van der Waals surface area (Å²) < 4.78 is 23.0. The Bertz CT molecular complexity index is 398. The number of hydrogen-bond acceptors (Lipinski definition) is 3. The summed E-state index contributed by atoms with van der Waals surface area (Å²) >= 11 is 0. The molecule has 1 atom stereocenters. The number of carbonyl (C=O) groups is 1. The van der Waals surface area contributed by atoms with Gasteiger partial charge in [0.1, 0.15) is 0 Å². The summed E-state index contributed by atoms with van der Waals surface area (Å²) in [5.74, 6) is 1.15. The van der Waals surface area contributed by atoms with Gasteiger partial charge in [-0.2, -0.15) is 0 Å². The van der Waals surface area contributed by atoms with Crippen LogP contribution in [0.4, 0.5) is 0 Å². The Hall–Kier alpha value is -0.580. The second-order valence-corrected chi connectivity index (χ2v) is 7.94. The van der Waals surface area contributed by atoms with Crippen molar-refractivity contribution in [2.45, 2.75) is 39.2 Å². The quantitative estimate of drug-likeness (QED) is 0.759. The zero-order valence-corrected chi connectivity index (χ0v) is 11.4. The SMILES string of the molecule is CC(C)CN(C(=O)C1CC1)[C@@H]1CCS(=O)(=O)C1. The first-order valence-corrected chi connectivity index (χ1v) is 8.22. The van der Waals surface area contributed by atoms with E-state index < -0.39 is 9.84 Å². The highest BCUT2D eigenvalue weighted by atomic mass is 32.2. The summed E-state index contributed by atoms with van der Waals surface area (Å²) in [5.41, 5.74) is 0. The van der Waals surface area contributed by atoms with Crippen LogP contribution in [0.1, 0.15) is 33.1 Å². The molecule has 0 aromatic carbocycles. The zero-order valence-electron chi connectivity index (χ0n) is 10.6. The predicted molar refractivity (Wildman–Crippen MR) is 66.3 cm³/mol. The number of hydrogen-bond donors (Lipinski definition) is 0. The van der Waals surface area contributed by atoms with Crippen LogP contribution in [0.3, 0.4) is 0 Å². The molecule has 98 valence electrons. The fourth-order valence-electron chi connectivity index (χ4n) is 2.40. The number of amides is 1. The topological polar surface area (TPSA) is 54.5 Å². The first-order chi connectivity index (χ1) is 7.89. The third-order valence-corrected chi connectivity index (χ3v) is 5.17. The van der Waals surface area contributed by atoms with Gasteiger partial charge in [0.05, 0.1) is 11.5 Å². The van der Waals surface area contributed by atoms with E-state index in [2.05, 4.69) is 13.8 Å². The minimum Gasteiger partial charge on any atom is -0.338 e. The first kappa shape index (κ1) is 12.9. The first-order valence-electron chi connectivity index (χ1n) is 6.40. The van der Waals surface area contributed by atoms with Gasteiger partial charge in [0.25, 0.3) is 0 Å². The van der Waals surface area contributed by atoms with Crippen molar-refractivity contribution in [2.24, 2.45) is 11.8 Å². The minimum absolute atomic E-state index is 0.0736. The molecule has 1 amide bonds. The van der Waals surface area contributed by atoms with Gasteiger partial charge in [-0.05, 0) is 25.2 Å². The smallest absolute Gasteiger partial charge is 0.225 e. The monoisotopic (exact) mass is 259 g/mol. The van der Waals surface area contributed by atoms with Crippen LogP contribution in [-0.4, -0.2) is 43.3 Å². The average Bonchev–Trinajstić information content (AvgIpc) is 2.99. The van der Waals surface area contributed by atoms with Crippen LogP contribution in [0.2, 0.25) is 0 Å². The lowest BCUT2D eigenvalue weighted by molar-refractivity contribution is -0.135. The Morgan fingerprint density at radius 1 is 1.29 bits per heavy atom. The van der Waals surface area contributed by atoms with Crippen molar-refractivity contribution in [2.75, 3.05) is 18.1 Å². The molecule has 0 spiro atoms. The van der Waals surface area contributed by atoms with Crippen LogP contribution in [0, 0.1) is 11.8 Å². The Kier molecular flexibility index (Phi) is 3.48. The summed E-state index contributed by atoms with van der Waals surface area (Å²) in [6, 6.07) is -0.0736. The Balaban J connectivity index is 2.07. The van der Waals surface area contributed by atoms with E-state index in [1.165, 1.54) is 0 Å². The van der Waals surface area contributed by atoms with Gasteiger partial charge in [0.2, 0.25) is 5.91 Å². The fourth-order valence-corrected chi connectivity index (χ4v) is 4.13. The van der Waals surface area contributed by atoms with Crippen LogP contribution in [0.25, 0.3) is 0 Å². The number of nitrogens with zero attached hydrogens (tertiary/aromatic N) is 1. The van der Waals surface area contributed by atoms with Gasteiger partial charge >= 0.3 is 0 Å². The van der Waals surface area contributed by atoms with Gasteiger partial charge in [-0.25, -0.2) is 8.42 Å². The minimum atomic E-state index is -2.91. The lowest BCUT2D eigenvalue weighted by Gasteiger charge is -2.30. The van der Waals surface area contributed by atoms with E-state index in [4.69, 9.17) is 0 Å². The molecule has 0 radical (unpaired) electrons. The molecule has 0 N–H and O–H groups in total. The Morgan fingerprint density at radius 2 is 1.94 bits per heavy atom. The van der Waals surface area contributed by atoms with Gasteiger partial charge in [-0.3, -0.25) is 4.79 Å². The predicted octanol–water partition coefficient (Wildman–Crippen LogP) is 1.07. The molecule has 0 aromatic rings. The van der Waals surface area contributed by atoms with Gasteiger partial charge in [0.15, 0.2) is 9.84 Å². The van der Waals surface area contributed by atoms with Gasteiger partial charge < -0.3 is 4.90 Å². The summed E-state index contributed by atoms with van der Waals surface area (Å²) in [4.78, 5) is 14.0. The molecule has 1 aliphatic carbocycles. The highest BCUT2D eigenvalue weighted by Crippen LogP contribution is 2.33. The van der Waals surface area contributed by atoms with Crippen LogP contribution in [-0.2, 0) is 14.6 Å². The maximum Gasteiger partial charge on any atom is 0.225 e. The zero-order chi connectivity index (χ0) is 12.6. The highest BCUT2D eigenvalue weighted by Gasteiger charge is 2.40. The molecule has 5 heteroatoms. The van der Waals surface area contributed by atoms with E-state index in [-0.39, 0.29) is 29.4 Å². The highest BCUT2D eigenvalue weighted by molar-refractivity contribution is 7.91. The average molecular weight is 259 g/mol. The molecule has 1 heterocycles. The van der Waals surface area contributed by atoms with Crippen molar-refractivity contribution in [3.05, 3.63) is 0 Å². The number of rotatable bonds is 4. The molecule has 2 rings (SSSR count). The third-order valence-electron chi connectivity index (χ3n) is 3.42. The fraction of sp³-hybridized carbons (Fsp3) is 0.917. The molecule has 0 unspecified atom stereocenters. The van der Waals surface area contributed by atoms with Crippen LogP contribution in [0.5, 0.6) is 0 Å². The standard InChI is InChI=1S/C12H21NO3S/c1-9(2)7-13(12(14)10-3-4-10)11-5-6-17(15,16)8-11/h9-11H,3-8H2,1-2H3/t11-/m1/s1. The maximum absolute atomic E-state index is 12.2. The lowest BCUT2D eigenvalue weighted by atomic mass is 10.1. The van der Waals surface area contributed by atoms with E-state index in [0.29, 0.717) is 18.9 Å². The second kappa shape index (κ2) is 4.59. The van der Waals surface area contributed by atoms with Crippen LogP contribution in [0.15, 0.2) is 0 Å². The molecular weight excluding hydrogens is 238 g/mol. The van der Waals surface area contributed by atoms with Crippen LogP contribution < -0.4 is 0 Å². The van der Waals surface area contributed by atoms with Gasteiger partial charge in [-0.1, -0.05) is 13.8 Å². The lowest BCUT2D eigenvalue weighted by Crippen LogP contribution is -2.44. The van der Waals surface area contributed by atoms with Crippen molar-refractivity contribution in [1.82, 2.24) is 4.90 Å². The normalized spacial score (nSPS) is 27.4. The Labute approximate surface area is 103 Å². The van der Waals surface area contributed by atoms with Crippen molar-refractivity contribution in [3.63, 3.8) is 0 Å². The van der Waals surface area contributed by atoms with Gasteiger partial charge in [0, 0.05) is 18.5 Å². The second-order valence-electron chi connectivity index (χ2n) is 5.72. The molecule has 1 aliphatic heterocycles. The summed E-state index contributed by atoms with van der Waals surface area (Å²) in [5, 5.41) is 0. The Morgan fingerprint density at radius 3 is 2.35 bits per heavy atom. The third kappa shape index (κ3) is 3.21. The van der Waals surface area contributed by atoms with Gasteiger partial charge in [-0.15, -0.1) is 0 Å². The van der Waals surface area contributed by atoms with E-state index in [0.717, 1.165) is 12.8 Å². The molecular formula is C12H21NO3S. The molecule has 1 saturated heterocycles. The van der Waals surface area contributed by atoms with Crippen molar-refractivity contribution < 1.29 is 13.2 Å². The summed E-state index contributed by atoms with van der Waals surface area (Å²) in [7, 11) is -2.91. The molecule has 4 nitrogen and oxygen atoms in total.